The van der Waals surface area contributed by atoms with Crippen LogP contribution in [0.2, 0.25) is 5.02 Å². The number of carboxylic acids is 1. The molecule has 0 saturated heterocycles. The Morgan fingerprint density at radius 2 is 1.60 bits per heavy atom. The fourth-order valence-electron chi connectivity index (χ4n) is 4.29. The molecule has 11 heteroatoms. The maximum absolute atomic E-state index is 13.4. The van der Waals surface area contributed by atoms with Gasteiger partial charge in [0.25, 0.3) is 0 Å². The number of anilines is 2. The monoisotopic (exact) mass is 588 g/mol. The number of aliphatic carboxylic acids is 1. The van der Waals surface area contributed by atoms with E-state index in [1.165, 1.54) is 0 Å². The summed E-state index contributed by atoms with van der Waals surface area (Å²) in [4.78, 5) is 38.5. The lowest BCUT2D eigenvalue weighted by Crippen LogP contribution is -2.34. The third-order valence-corrected chi connectivity index (χ3v) is 7.91. The maximum atomic E-state index is 13.4. The van der Waals surface area contributed by atoms with Crippen LogP contribution < -0.4 is 10.6 Å². The number of nitrogens with one attached hydrogen (secondary N) is 2. The van der Waals surface area contributed by atoms with Gasteiger partial charge in [-0.25, -0.2) is 0 Å². The number of allylic oxidation sites excluding steroid dienone is 2. The molecule has 0 fully saturated rings. The molecule has 0 spiro atoms. The van der Waals surface area contributed by atoms with Crippen LogP contribution in [0.3, 0.4) is 0 Å². The Hall–Kier alpha value is -3.76. The van der Waals surface area contributed by atoms with Gasteiger partial charge in [0.2, 0.25) is 11.8 Å². The van der Waals surface area contributed by atoms with E-state index in [1.807, 2.05) is 0 Å². The summed E-state index contributed by atoms with van der Waals surface area (Å²) in [7, 11) is 0. The number of hydrogen-bond acceptors (Lipinski definition) is 4. The lowest BCUT2D eigenvalue weighted by atomic mass is 9.82. The maximum Gasteiger partial charge on any atom is 0.416 e. The van der Waals surface area contributed by atoms with Gasteiger partial charge in [0, 0.05) is 10.6 Å². The van der Waals surface area contributed by atoms with Gasteiger partial charge in [0.05, 0.1) is 28.1 Å². The SMILES string of the molecule is O=C(Nc1cc(C(F)(F)F)ccc1Cl)C(Sc1cccc(NC(=O)C2CC=CCC2C(=O)O)c1)c1ccccc1. The number of benzene rings is 3. The highest BCUT2D eigenvalue weighted by Gasteiger charge is 2.34. The molecule has 3 aromatic carbocycles. The van der Waals surface area contributed by atoms with Crippen molar-refractivity contribution >= 4 is 52.5 Å². The smallest absolute Gasteiger partial charge is 0.416 e. The minimum Gasteiger partial charge on any atom is -0.481 e. The average Bonchev–Trinajstić information content (AvgIpc) is 2.93. The van der Waals surface area contributed by atoms with E-state index in [2.05, 4.69) is 10.6 Å². The zero-order valence-electron chi connectivity index (χ0n) is 20.8. The lowest BCUT2D eigenvalue weighted by Gasteiger charge is -2.24. The molecule has 3 unspecified atom stereocenters. The van der Waals surface area contributed by atoms with Crippen LogP contribution in [0.25, 0.3) is 0 Å². The van der Waals surface area contributed by atoms with Gasteiger partial charge in [-0.3, -0.25) is 14.4 Å². The van der Waals surface area contributed by atoms with Crippen molar-refractivity contribution in [3.05, 3.63) is 101 Å². The van der Waals surface area contributed by atoms with Gasteiger partial charge in [0.15, 0.2) is 0 Å². The quantitative estimate of drug-likeness (QED) is 0.188. The molecular formula is C29H24ClF3N2O4S. The van der Waals surface area contributed by atoms with E-state index in [0.29, 0.717) is 22.6 Å². The molecule has 208 valence electrons. The first kappa shape index (κ1) is 29.2. The number of alkyl halides is 3. The molecule has 0 bridgehead atoms. The number of carbonyl (C=O) groups is 3. The van der Waals surface area contributed by atoms with E-state index in [1.54, 1.807) is 66.7 Å². The van der Waals surface area contributed by atoms with Crippen molar-refractivity contribution in [2.75, 3.05) is 10.6 Å². The summed E-state index contributed by atoms with van der Waals surface area (Å²) >= 11 is 7.23. The molecule has 6 nitrogen and oxygen atoms in total. The molecule has 0 heterocycles. The van der Waals surface area contributed by atoms with Gasteiger partial charge < -0.3 is 15.7 Å². The lowest BCUT2D eigenvalue weighted by molar-refractivity contribution is -0.146. The molecular weight excluding hydrogens is 565 g/mol. The van der Waals surface area contributed by atoms with Crippen LogP contribution in [0.5, 0.6) is 0 Å². The first-order valence-corrected chi connectivity index (χ1v) is 13.5. The van der Waals surface area contributed by atoms with Crippen LogP contribution >= 0.6 is 23.4 Å². The molecule has 3 aromatic rings. The second-order valence-electron chi connectivity index (χ2n) is 9.10. The van der Waals surface area contributed by atoms with Crippen molar-refractivity contribution in [1.29, 1.82) is 0 Å². The molecule has 2 amide bonds. The molecule has 0 radical (unpaired) electrons. The minimum absolute atomic E-state index is 0.0416. The predicted molar refractivity (Wildman–Crippen MR) is 148 cm³/mol. The summed E-state index contributed by atoms with van der Waals surface area (Å²) in [5.41, 5.74) is -0.0978. The van der Waals surface area contributed by atoms with Crippen LogP contribution in [0, 0.1) is 11.8 Å². The predicted octanol–water partition coefficient (Wildman–Crippen LogP) is 7.44. The van der Waals surface area contributed by atoms with E-state index in [0.717, 1.165) is 30.0 Å². The number of carbonyl (C=O) groups excluding carboxylic acids is 2. The standard InChI is InChI=1S/C29H24ClF3N2O4S/c30-23-14-13-18(29(31,32)33)15-24(23)35-27(37)25(17-7-2-1-3-8-17)40-20-10-6-9-19(16-20)34-26(36)21-11-4-5-12-22(21)28(38)39/h1-10,13-16,21-22,25H,11-12H2,(H,34,36)(H,35,37)(H,38,39). The van der Waals surface area contributed by atoms with E-state index in [4.69, 9.17) is 11.6 Å². The number of carboxylic acid groups (broad SMARTS) is 1. The highest BCUT2D eigenvalue weighted by atomic mass is 35.5. The summed E-state index contributed by atoms with van der Waals surface area (Å²) in [6, 6.07) is 18.1. The topological polar surface area (TPSA) is 95.5 Å². The normalized spacial score (nSPS) is 17.6. The molecule has 1 aliphatic carbocycles. The van der Waals surface area contributed by atoms with Gasteiger partial charge in [-0.05, 0) is 54.8 Å². The van der Waals surface area contributed by atoms with Crippen LogP contribution in [0.1, 0.15) is 29.2 Å². The summed E-state index contributed by atoms with van der Waals surface area (Å²) in [5.74, 6) is -3.60. The Labute approximate surface area is 237 Å². The second-order valence-corrected chi connectivity index (χ2v) is 10.7. The Morgan fingerprint density at radius 1 is 0.900 bits per heavy atom. The number of halogens is 4. The minimum atomic E-state index is -4.61. The molecule has 4 rings (SSSR count). The summed E-state index contributed by atoms with van der Waals surface area (Å²) in [6.45, 7) is 0. The fraction of sp³-hybridized carbons (Fsp3) is 0.207. The zero-order chi connectivity index (χ0) is 28.9. The third-order valence-electron chi connectivity index (χ3n) is 6.33. The largest absolute Gasteiger partial charge is 0.481 e. The van der Waals surface area contributed by atoms with Crippen LogP contribution in [0.4, 0.5) is 24.5 Å². The summed E-state index contributed by atoms with van der Waals surface area (Å²) in [6.07, 6.45) is -0.490. The van der Waals surface area contributed by atoms with E-state index < -0.39 is 46.6 Å². The van der Waals surface area contributed by atoms with Crippen molar-refractivity contribution in [3.8, 4) is 0 Å². The Balaban J connectivity index is 1.55. The Kier molecular flexibility index (Phi) is 9.21. The van der Waals surface area contributed by atoms with Gasteiger partial charge in [-0.15, -0.1) is 11.8 Å². The highest BCUT2D eigenvalue weighted by Crippen LogP contribution is 2.39. The zero-order valence-corrected chi connectivity index (χ0v) is 22.4. The van der Waals surface area contributed by atoms with Crippen molar-refractivity contribution in [2.45, 2.75) is 29.2 Å². The second kappa shape index (κ2) is 12.6. The van der Waals surface area contributed by atoms with Crippen LogP contribution in [0.15, 0.2) is 89.8 Å². The molecule has 1 aliphatic rings. The van der Waals surface area contributed by atoms with Crippen LogP contribution in [-0.2, 0) is 20.6 Å². The number of amides is 2. The molecule has 40 heavy (non-hydrogen) atoms. The van der Waals surface area contributed by atoms with Crippen molar-refractivity contribution in [1.82, 2.24) is 0 Å². The van der Waals surface area contributed by atoms with Gasteiger partial charge >= 0.3 is 12.1 Å². The third kappa shape index (κ3) is 7.25. The average molecular weight is 589 g/mol. The van der Waals surface area contributed by atoms with Crippen molar-refractivity contribution in [3.63, 3.8) is 0 Å². The van der Waals surface area contributed by atoms with E-state index in [-0.39, 0.29) is 17.1 Å². The number of thioether (sulfide) groups is 1. The molecule has 0 aliphatic heterocycles. The van der Waals surface area contributed by atoms with Gasteiger partial charge in [-0.2, -0.15) is 13.2 Å². The molecule has 0 aromatic heterocycles. The van der Waals surface area contributed by atoms with E-state index >= 15 is 0 Å². The molecule has 3 N–H and O–H groups in total. The van der Waals surface area contributed by atoms with Crippen molar-refractivity contribution in [2.24, 2.45) is 11.8 Å². The number of rotatable bonds is 8. The van der Waals surface area contributed by atoms with Crippen molar-refractivity contribution < 1.29 is 32.7 Å². The van der Waals surface area contributed by atoms with Crippen LogP contribution in [-0.4, -0.2) is 22.9 Å². The summed E-state index contributed by atoms with van der Waals surface area (Å²) < 4.78 is 39.7. The van der Waals surface area contributed by atoms with Gasteiger partial charge in [0.1, 0.15) is 5.25 Å². The highest BCUT2D eigenvalue weighted by molar-refractivity contribution is 8.00. The van der Waals surface area contributed by atoms with Gasteiger partial charge in [-0.1, -0.05) is 60.2 Å². The first-order valence-electron chi connectivity index (χ1n) is 12.2. The first-order chi connectivity index (χ1) is 19.0. The fourth-order valence-corrected chi connectivity index (χ4v) is 5.54. The molecule has 0 saturated carbocycles. The number of hydrogen-bond donors (Lipinski definition) is 3. The summed E-state index contributed by atoms with van der Waals surface area (Å²) in [5, 5.41) is 13.9. The molecule has 3 atom stereocenters. The van der Waals surface area contributed by atoms with E-state index in [9.17, 15) is 32.7 Å². The Bertz CT molecular complexity index is 1430. The Morgan fingerprint density at radius 3 is 2.27 bits per heavy atom.